The van der Waals surface area contributed by atoms with Crippen LogP contribution in [0.1, 0.15) is 27.8 Å². The number of nitrogens with zero attached hydrogens (tertiary/aromatic N) is 4. The van der Waals surface area contributed by atoms with Crippen molar-refractivity contribution < 1.29 is 0 Å². The molecule has 58 heavy (non-hydrogen) atoms. The number of aryl methyl sites for hydroxylation is 1. The highest BCUT2D eigenvalue weighted by Crippen LogP contribution is 2.59. The summed E-state index contributed by atoms with van der Waals surface area (Å²) in [4.78, 5) is 17.5. The zero-order chi connectivity index (χ0) is 38.6. The predicted octanol–water partition coefficient (Wildman–Crippen LogP) is 13.7. The number of para-hydroxylation sites is 2. The summed E-state index contributed by atoms with van der Waals surface area (Å²) in [6.07, 6.45) is 0. The Bertz CT molecular complexity index is 3030. The van der Waals surface area contributed by atoms with Crippen molar-refractivity contribution in [3.63, 3.8) is 0 Å². The molecule has 10 aromatic rings. The standard InChI is InChI=1S/C53H36N4S/c1-35-34-38(52-55-50(36-18-5-2-6-19-36)54-51(56-52)37-20-7-3-8-21-37)32-33-45(35)57-46-29-14-12-26-42(46)53(39-22-9-4-10-23-39,43-27-13-15-30-47(43)57)44-28-17-25-41-40-24-11-16-31-48(40)58-49(41)44/h2-34H,1H3. The third-order valence-electron chi connectivity index (χ3n) is 11.5. The molecule has 0 saturated heterocycles. The average Bonchev–Trinajstić information content (AvgIpc) is 3.68. The zero-order valence-electron chi connectivity index (χ0n) is 31.7. The van der Waals surface area contributed by atoms with Crippen LogP contribution >= 0.6 is 11.3 Å². The average molecular weight is 761 g/mol. The monoisotopic (exact) mass is 760 g/mol. The molecule has 8 aromatic carbocycles. The Hall–Kier alpha value is -7.21. The fraction of sp³-hybridized carbons (Fsp3) is 0.0377. The van der Waals surface area contributed by atoms with Gasteiger partial charge in [-0.1, -0.05) is 164 Å². The van der Waals surface area contributed by atoms with Crippen LogP contribution in [0.25, 0.3) is 54.3 Å². The Morgan fingerprint density at radius 3 is 1.53 bits per heavy atom. The van der Waals surface area contributed by atoms with Crippen LogP contribution < -0.4 is 4.90 Å². The molecule has 11 rings (SSSR count). The normalized spacial score (nSPS) is 13.0. The van der Waals surface area contributed by atoms with Gasteiger partial charge in [0.05, 0.1) is 16.8 Å². The minimum atomic E-state index is -0.592. The van der Waals surface area contributed by atoms with Gasteiger partial charge in [-0.05, 0) is 71.1 Å². The van der Waals surface area contributed by atoms with E-state index in [2.05, 4.69) is 151 Å². The van der Waals surface area contributed by atoms with Gasteiger partial charge >= 0.3 is 0 Å². The van der Waals surface area contributed by atoms with Crippen LogP contribution in [0.3, 0.4) is 0 Å². The van der Waals surface area contributed by atoms with Gasteiger partial charge in [-0.25, -0.2) is 15.0 Å². The quantitative estimate of drug-likeness (QED) is 0.169. The molecule has 0 bridgehead atoms. The SMILES string of the molecule is Cc1cc(-c2nc(-c3ccccc3)nc(-c3ccccc3)n2)ccc1N1c2ccccc2C(c2ccccc2)(c2cccc3c2sc2ccccc23)c2ccccc21. The van der Waals surface area contributed by atoms with E-state index in [1.54, 1.807) is 0 Å². The molecule has 0 radical (unpaired) electrons. The summed E-state index contributed by atoms with van der Waals surface area (Å²) in [6, 6.07) is 71.6. The van der Waals surface area contributed by atoms with Crippen molar-refractivity contribution in [1.29, 1.82) is 0 Å². The molecule has 4 nitrogen and oxygen atoms in total. The van der Waals surface area contributed by atoms with Crippen molar-refractivity contribution in [3.8, 4) is 34.2 Å². The smallest absolute Gasteiger partial charge is 0.164 e. The van der Waals surface area contributed by atoms with E-state index in [1.807, 2.05) is 72.0 Å². The van der Waals surface area contributed by atoms with Crippen LogP contribution in [0.5, 0.6) is 0 Å². The molecule has 0 aliphatic carbocycles. The van der Waals surface area contributed by atoms with E-state index in [0.29, 0.717) is 17.5 Å². The lowest BCUT2D eigenvalue weighted by molar-refractivity contribution is 0.739. The first-order chi connectivity index (χ1) is 28.7. The van der Waals surface area contributed by atoms with E-state index in [9.17, 15) is 0 Å². The van der Waals surface area contributed by atoms with E-state index in [1.165, 1.54) is 42.4 Å². The molecule has 2 aromatic heterocycles. The molecule has 0 N–H and O–H groups in total. The molecular formula is C53H36N4S. The number of hydrogen-bond donors (Lipinski definition) is 0. The Morgan fingerprint density at radius 1 is 0.414 bits per heavy atom. The summed E-state index contributed by atoms with van der Waals surface area (Å²) in [7, 11) is 0. The van der Waals surface area contributed by atoms with Gasteiger partial charge in [0, 0.05) is 42.6 Å². The van der Waals surface area contributed by atoms with Crippen molar-refractivity contribution in [2.45, 2.75) is 12.3 Å². The van der Waals surface area contributed by atoms with Gasteiger partial charge in [-0.2, -0.15) is 0 Å². The molecule has 5 heteroatoms. The molecule has 0 unspecified atom stereocenters. The third kappa shape index (κ3) is 5.32. The van der Waals surface area contributed by atoms with Gasteiger partial charge in [-0.3, -0.25) is 0 Å². The first kappa shape index (κ1) is 34.1. The van der Waals surface area contributed by atoms with Gasteiger partial charge in [-0.15, -0.1) is 11.3 Å². The fourth-order valence-electron chi connectivity index (χ4n) is 8.98. The van der Waals surface area contributed by atoms with E-state index < -0.39 is 5.41 Å². The number of benzene rings is 8. The van der Waals surface area contributed by atoms with Crippen molar-refractivity contribution in [3.05, 3.63) is 228 Å². The molecule has 0 saturated carbocycles. The van der Waals surface area contributed by atoms with Gasteiger partial charge in [0.2, 0.25) is 0 Å². The van der Waals surface area contributed by atoms with Crippen molar-refractivity contribution in [1.82, 2.24) is 15.0 Å². The highest BCUT2D eigenvalue weighted by atomic mass is 32.1. The summed E-state index contributed by atoms with van der Waals surface area (Å²) in [5, 5.41) is 2.59. The van der Waals surface area contributed by atoms with Gasteiger partial charge in [0.25, 0.3) is 0 Å². The first-order valence-corrected chi connectivity index (χ1v) is 20.4. The van der Waals surface area contributed by atoms with Crippen LogP contribution in [-0.2, 0) is 5.41 Å². The summed E-state index contributed by atoms with van der Waals surface area (Å²) < 4.78 is 2.61. The highest BCUT2D eigenvalue weighted by molar-refractivity contribution is 7.26. The maximum absolute atomic E-state index is 5.05. The summed E-state index contributed by atoms with van der Waals surface area (Å²) in [6.45, 7) is 2.19. The number of hydrogen-bond acceptors (Lipinski definition) is 5. The number of fused-ring (bicyclic) bond motifs is 5. The molecular weight excluding hydrogens is 725 g/mol. The van der Waals surface area contributed by atoms with Gasteiger partial charge in [0.1, 0.15) is 0 Å². The number of aromatic nitrogens is 3. The minimum Gasteiger partial charge on any atom is -0.310 e. The van der Waals surface area contributed by atoms with Crippen molar-refractivity contribution in [2.75, 3.05) is 4.90 Å². The molecule has 274 valence electrons. The number of anilines is 3. The molecule has 0 spiro atoms. The molecule has 0 amide bonds. The van der Waals surface area contributed by atoms with Crippen LogP contribution in [0.2, 0.25) is 0 Å². The lowest BCUT2D eigenvalue weighted by atomic mass is 9.62. The Kier molecular flexibility index (Phi) is 8.09. The second kappa shape index (κ2) is 13.8. The lowest BCUT2D eigenvalue weighted by Gasteiger charge is -2.47. The second-order valence-corrected chi connectivity index (χ2v) is 15.9. The maximum atomic E-state index is 5.05. The third-order valence-corrected chi connectivity index (χ3v) is 12.7. The predicted molar refractivity (Wildman–Crippen MR) is 240 cm³/mol. The van der Waals surface area contributed by atoms with Gasteiger partial charge < -0.3 is 4.90 Å². The van der Waals surface area contributed by atoms with Crippen LogP contribution in [0.15, 0.2) is 200 Å². The number of thiophene rings is 1. The summed E-state index contributed by atoms with van der Waals surface area (Å²) in [5.41, 5.74) is 11.8. The lowest BCUT2D eigenvalue weighted by Crippen LogP contribution is -2.37. The Balaban J connectivity index is 1.12. The molecule has 3 heterocycles. The van der Waals surface area contributed by atoms with E-state index in [4.69, 9.17) is 15.0 Å². The molecule has 0 fully saturated rings. The fourth-order valence-corrected chi connectivity index (χ4v) is 10.2. The summed E-state index contributed by atoms with van der Waals surface area (Å²) >= 11 is 1.89. The van der Waals surface area contributed by atoms with Crippen molar-refractivity contribution in [2.24, 2.45) is 0 Å². The van der Waals surface area contributed by atoms with Crippen molar-refractivity contribution >= 4 is 48.6 Å². The van der Waals surface area contributed by atoms with Crippen LogP contribution in [-0.4, -0.2) is 15.0 Å². The Labute approximate surface area is 341 Å². The maximum Gasteiger partial charge on any atom is 0.164 e. The number of rotatable bonds is 6. The first-order valence-electron chi connectivity index (χ1n) is 19.6. The van der Waals surface area contributed by atoms with E-state index in [-0.39, 0.29) is 0 Å². The summed E-state index contributed by atoms with van der Waals surface area (Å²) in [5.74, 6) is 1.94. The highest BCUT2D eigenvalue weighted by Gasteiger charge is 2.47. The second-order valence-electron chi connectivity index (χ2n) is 14.8. The zero-order valence-corrected chi connectivity index (χ0v) is 32.6. The van der Waals surface area contributed by atoms with Gasteiger partial charge in [0.15, 0.2) is 17.5 Å². The largest absolute Gasteiger partial charge is 0.310 e. The van der Waals surface area contributed by atoms with Crippen LogP contribution in [0.4, 0.5) is 17.1 Å². The Morgan fingerprint density at radius 2 is 0.914 bits per heavy atom. The molecule has 1 aliphatic rings. The minimum absolute atomic E-state index is 0.592. The van der Waals surface area contributed by atoms with E-state index in [0.717, 1.165) is 39.3 Å². The molecule has 0 atom stereocenters. The van der Waals surface area contributed by atoms with E-state index >= 15 is 0 Å². The molecule has 1 aliphatic heterocycles. The topological polar surface area (TPSA) is 41.9 Å². The van der Waals surface area contributed by atoms with Crippen LogP contribution in [0, 0.1) is 6.92 Å².